The van der Waals surface area contributed by atoms with Crippen LogP contribution in [0.5, 0.6) is 0 Å². The number of hydrogen-bond donors (Lipinski definition) is 6. The second-order valence-corrected chi connectivity index (χ2v) is 6.74. The van der Waals surface area contributed by atoms with Crippen molar-refractivity contribution in [2.24, 2.45) is 0 Å². The number of aliphatic hydroxyl groups is 1. The van der Waals surface area contributed by atoms with E-state index in [4.69, 9.17) is 20.4 Å². The van der Waals surface area contributed by atoms with Crippen molar-refractivity contribution in [1.82, 2.24) is 10.2 Å². The van der Waals surface area contributed by atoms with E-state index in [1.807, 2.05) is 6.07 Å². The van der Waals surface area contributed by atoms with Crippen molar-refractivity contribution < 1.29 is 44.7 Å². The molecule has 1 fully saturated rings. The van der Waals surface area contributed by atoms with Crippen LogP contribution < -0.4 is 5.32 Å². The van der Waals surface area contributed by atoms with Gasteiger partial charge in [-0.05, 0) is 25.1 Å². The van der Waals surface area contributed by atoms with Crippen LogP contribution in [0, 0.1) is 0 Å². The molecular weight excluding hydrogens is 436 g/mol. The molecule has 0 amide bonds. The van der Waals surface area contributed by atoms with Gasteiger partial charge >= 0.3 is 23.9 Å². The molecule has 0 saturated carbocycles. The number of carboxylic acid groups (broad SMARTS) is 4. The van der Waals surface area contributed by atoms with Crippen LogP contribution in [-0.2, 0) is 25.6 Å². The Morgan fingerprint density at radius 1 is 0.879 bits per heavy atom. The molecule has 1 heterocycles. The summed E-state index contributed by atoms with van der Waals surface area (Å²) in [6.45, 7) is 5.86. The molecule has 0 aromatic heterocycles. The Bertz CT molecular complexity index is 743. The molecule has 6 N–H and O–H groups in total. The lowest BCUT2D eigenvalue weighted by Gasteiger charge is -2.15. The second kappa shape index (κ2) is 17.1. The Morgan fingerprint density at radius 3 is 1.70 bits per heavy atom. The van der Waals surface area contributed by atoms with Crippen molar-refractivity contribution in [3.05, 3.63) is 60.2 Å². The quantitative estimate of drug-likeness (QED) is 0.275. The highest BCUT2D eigenvalue weighted by molar-refractivity contribution is 5.90. The van der Waals surface area contributed by atoms with E-state index >= 15 is 0 Å². The molecule has 1 aliphatic heterocycles. The molecule has 2 rings (SSSR count). The van der Waals surface area contributed by atoms with E-state index in [9.17, 15) is 24.3 Å². The first-order valence-electron chi connectivity index (χ1n) is 10.0. The van der Waals surface area contributed by atoms with E-state index < -0.39 is 23.9 Å². The number of hydrogen-bond acceptors (Lipinski definition) is 7. The molecule has 0 bridgehead atoms. The number of rotatable bonds is 9. The van der Waals surface area contributed by atoms with Crippen LogP contribution in [0.2, 0.25) is 0 Å². The summed E-state index contributed by atoms with van der Waals surface area (Å²) in [7, 11) is 0. The first-order chi connectivity index (χ1) is 15.5. The summed E-state index contributed by atoms with van der Waals surface area (Å²) in [5.41, 5.74) is 1.35. The number of aliphatic hydroxyl groups excluding tert-OH is 1. The predicted octanol–water partition coefficient (Wildman–Crippen LogP) is 0.307. The molecular formula is C22H30N2O9. The third kappa shape index (κ3) is 16.8. The van der Waals surface area contributed by atoms with Gasteiger partial charge in [-0.25, -0.2) is 19.2 Å². The highest BCUT2D eigenvalue weighted by Crippen LogP contribution is 2.09. The average molecular weight is 466 g/mol. The molecule has 0 unspecified atom stereocenters. The number of β-amino-alcohol motifs (C(OH)–C–C–N with tert-alkyl or cyclic N) is 1. The Balaban J connectivity index is 0.000000539. The second-order valence-electron chi connectivity index (χ2n) is 6.74. The summed E-state index contributed by atoms with van der Waals surface area (Å²) in [6.07, 6.45) is 3.04. The largest absolute Gasteiger partial charge is 0.478 e. The summed E-state index contributed by atoms with van der Waals surface area (Å²) >= 11 is 0. The van der Waals surface area contributed by atoms with Gasteiger partial charge in [-0.15, -0.1) is 0 Å². The van der Waals surface area contributed by atoms with Crippen LogP contribution in [0.1, 0.15) is 12.5 Å². The lowest BCUT2D eigenvalue weighted by atomic mass is 10.1. The zero-order valence-electron chi connectivity index (χ0n) is 18.2. The number of nitrogens with zero attached hydrogens (tertiary/aromatic N) is 1. The van der Waals surface area contributed by atoms with Crippen LogP contribution in [0.4, 0.5) is 0 Å². The SMILES string of the molecule is CCN1C[C@@H](O)[C@H](NCCc2ccccc2)C1.O=C(O)/C=C\C(=O)O.O=C(O)/C=C\C(=O)O. The lowest BCUT2D eigenvalue weighted by molar-refractivity contribution is -0.134. The number of aliphatic carboxylic acids is 4. The van der Waals surface area contributed by atoms with Gasteiger partial charge < -0.3 is 30.8 Å². The van der Waals surface area contributed by atoms with Crippen molar-refractivity contribution in [2.45, 2.75) is 25.5 Å². The van der Waals surface area contributed by atoms with E-state index in [-0.39, 0.29) is 12.1 Å². The minimum absolute atomic E-state index is 0.217. The van der Waals surface area contributed by atoms with Crippen molar-refractivity contribution >= 4 is 23.9 Å². The average Bonchev–Trinajstić information content (AvgIpc) is 3.12. The minimum atomic E-state index is -1.26. The summed E-state index contributed by atoms with van der Waals surface area (Å²) < 4.78 is 0. The highest BCUT2D eigenvalue weighted by Gasteiger charge is 2.29. The molecule has 2 atom stereocenters. The Morgan fingerprint density at radius 2 is 1.33 bits per heavy atom. The van der Waals surface area contributed by atoms with Crippen molar-refractivity contribution in [3.63, 3.8) is 0 Å². The Labute approximate surface area is 191 Å². The molecule has 1 aliphatic rings. The molecule has 0 radical (unpaired) electrons. The molecule has 0 spiro atoms. The molecule has 0 aliphatic carbocycles. The lowest BCUT2D eigenvalue weighted by Crippen LogP contribution is -2.40. The number of likely N-dealkylation sites (tertiary alicyclic amines) is 1. The van der Waals surface area contributed by atoms with Gasteiger partial charge in [-0.2, -0.15) is 0 Å². The van der Waals surface area contributed by atoms with Gasteiger partial charge in [0.1, 0.15) is 0 Å². The third-order valence-electron chi connectivity index (χ3n) is 4.21. The molecule has 1 aromatic carbocycles. The van der Waals surface area contributed by atoms with Crippen LogP contribution in [0.15, 0.2) is 54.6 Å². The molecule has 11 nitrogen and oxygen atoms in total. The molecule has 1 aromatic rings. The topological polar surface area (TPSA) is 185 Å². The van der Waals surface area contributed by atoms with Gasteiger partial charge in [0, 0.05) is 43.4 Å². The van der Waals surface area contributed by atoms with E-state index in [0.717, 1.165) is 32.6 Å². The summed E-state index contributed by atoms with van der Waals surface area (Å²) in [6, 6.07) is 10.7. The van der Waals surface area contributed by atoms with Crippen LogP contribution in [-0.4, -0.2) is 92.6 Å². The smallest absolute Gasteiger partial charge is 0.328 e. The standard InChI is InChI=1S/C14H22N2O.2C4H4O4/c1-2-16-10-13(14(17)11-16)15-9-8-12-6-4-3-5-7-12;2*5-3(6)1-2-4(7)8/h3-7,13-15,17H,2,8-11H2,1H3;2*1-2H,(H,5,6)(H,7,8)/b;2*2-1-/t13-,14-;;/m1../s1. The number of carbonyl (C=O) groups is 4. The highest BCUT2D eigenvalue weighted by atomic mass is 16.4. The van der Waals surface area contributed by atoms with Gasteiger partial charge in [0.05, 0.1) is 6.10 Å². The monoisotopic (exact) mass is 466 g/mol. The number of likely N-dealkylation sites (N-methyl/N-ethyl adjacent to an activating group) is 1. The van der Waals surface area contributed by atoms with Crippen molar-refractivity contribution in [3.8, 4) is 0 Å². The molecule has 1 saturated heterocycles. The normalized spacial score (nSPS) is 17.6. The molecule has 33 heavy (non-hydrogen) atoms. The van der Waals surface area contributed by atoms with Gasteiger partial charge in [0.15, 0.2) is 0 Å². The molecule has 182 valence electrons. The van der Waals surface area contributed by atoms with E-state index in [1.165, 1.54) is 5.56 Å². The Hall–Kier alpha value is -3.54. The van der Waals surface area contributed by atoms with Gasteiger partial charge in [0.2, 0.25) is 0 Å². The van der Waals surface area contributed by atoms with Crippen molar-refractivity contribution in [1.29, 1.82) is 0 Å². The van der Waals surface area contributed by atoms with Crippen LogP contribution in [0.25, 0.3) is 0 Å². The van der Waals surface area contributed by atoms with Gasteiger partial charge in [-0.3, -0.25) is 4.90 Å². The van der Waals surface area contributed by atoms with Crippen LogP contribution >= 0.6 is 0 Å². The van der Waals surface area contributed by atoms with Crippen molar-refractivity contribution in [2.75, 3.05) is 26.2 Å². The third-order valence-corrected chi connectivity index (χ3v) is 4.21. The maximum atomic E-state index is 9.88. The summed E-state index contributed by atoms with van der Waals surface area (Å²) in [5.74, 6) is -5.03. The fourth-order valence-corrected chi connectivity index (χ4v) is 2.66. The zero-order chi connectivity index (χ0) is 25.2. The zero-order valence-corrected chi connectivity index (χ0v) is 18.2. The maximum Gasteiger partial charge on any atom is 0.328 e. The summed E-state index contributed by atoms with van der Waals surface area (Å²) in [4.78, 5) is 40.5. The maximum absolute atomic E-state index is 9.88. The first-order valence-corrected chi connectivity index (χ1v) is 10.0. The first kappa shape index (κ1) is 29.5. The van der Waals surface area contributed by atoms with Crippen LogP contribution in [0.3, 0.4) is 0 Å². The summed E-state index contributed by atoms with van der Waals surface area (Å²) in [5, 5.41) is 44.6. The van der Waals surface area contributed by atoms with E-state index in [2.05, 4.69) is 41.4 Å². The van der Waals surface area contributed by atoms with Gasteiger partial charge in [0.25, 0.3) is 0 Å². The molecule has 11 heteroatoms. The fraction of sp³-hybridized carbons (Fsp3) is 0.364. The number of nitrogens with one attached hydrogen (secondary N) is 1. The number of benzene rings is 1. The minimum Gasteiger partial charge on any atom is -0.478 e. The number of carboxylic acids is 4. The predicted molar refractivity (Wildman–Crippen MR) is 119 cm³/mol. The fourth-order valence-electron chi connectivity index (χ4n) is 2.66. The van der Waals surface area contributed by atoms with E-state index in [0.29, 0.717) is 24.3 Å². The Kier molecular flexibility index (Phi) is 15.2. The van der Waals surface area contributed by atoms with Gasteiger partial charge in [-0.1, -0.05) is 37.3 Å². The van der Waals surface area contributed by atoms with E-state index in [1.54, 1.807) is 0 Å².